The Labute approximate surface area is 131 Å². The third-order valence-electron chi connectivity index (χ3n) is 4.13. The maximum Gasteiger partial charge on any atom is 0.248 e. The molecule has 118 valence electrons. The van der Waals surface area contributed by atoms with Crippen LogP contribution >= 0.6 is 0 Å². The van der Waals surface area contributed by atoms with Crippen LogP contribution < -0.4 is 5.32 Å². The molecular weight excluding hydrogens is 278 g/mol. The fraction of sp³-hybridized carbons (Fsp3) is 0.500. The van der Waals surface area contributed by atoms with Gasteiger partial charge >= 0.3 is 0 Å². The molecule has 1 aliphatic rings. The molecule has 2 atom stereocenters. The number of hydrogen-bond donors (Lipinski definition) is 1. The van der Waals surface area contributed by atoms with Crippen LogP contribution in [-0.4, -0.2) is 60.7 Å². The topological polar surface area (TPSA) is 57.4 Å². The van der Waals surface area contributed by atoms with Gasteiger partial charge in [0.25, 0.3) is 0 Å². The molecule has 0 bridgehead atoms. The highest BCUT2D eigenvalue weighted by atomic mass is 16.5. The summed E-state index contributed by atoms with van der Waals surface area (Å²) in [7, 11) is 6.15. The number of aromatic nitrogens is 2. The van der Waals surface area contributed by atoms with Crippen molar-refractivity contribution < 1.29 is 4.52 Å². The number of piperazine rings is 1. The molecule has 0 amide bonds. The molecule has 6 nitrogen and oxygen atoms in total. The van der Waals surface area contributed by atoms with Gasteiger partial charge in [0.2, 0.25) is 5.89 Å². The Morgan fingerprint density at radius 1 is 1.32 bits per heavy atom. The fourth-order valence-electron chi connectivity index (χ4n) is 2.88. The molecule has 1 aliphatic heterocycles. The van der Waals surface area contributed by atoms with Gasteiger partial charge in [0.15, 0.2) is 5.82 Å². The zero-order valence-corrected chi connectivity index (χ0v) is 13.4. The van der Waals surface area contributed by atoms with Gasteiger partial charge in [-0.05, 0) is 26.7 Å². The van der Waals surface area contributed by atoms with E-state index in [0.717, 1.165) is 31.0 Å². The first-order chi connectivity index (χ1) is 10.7. The normalized spacial score (nSPS) is 21.2. The zero-order chi connectivity index (χ0) is 15.5. The van der Waals surface area contributed by atoms with Crippen LogP contribution in [0.4, 0.5) is 0 Å². The lowest BCUT2D eigenvalue weighted by Crippen LogP contribution is -2.44. The Morgan fingerprint density at radius 3 is 2.77 bits per heavy atom. The Kier molecular flexibility index (Phi) is 4.52. The van der Waals surface area contributed by atoms with Crippen molar-refractivity contribution in [2.45, 2.75) is 12.1 Å². The Morgan fingerprint density at radius 2 is 2.09 bits per heavy atom. The first-order valence-corrected chi connectivity index (χ1v) is 7.62. The van der Waals surface area contributed by atoms with E-state index in [1.807, 2.05) is 32.3 Å². The van der Waals surface area contributed by atoms with E-state index in [-0.39, 0.29) is 12.1 Å². The monoisotopic (exact) mass is 301 g/mol. The van der Waals surface area contributed by atoms with Crippen LogP contribution in [0.5, 0.6) is 0 Å². The molecule has 0 spiro atoms. The predicted octanol–water partition coefficient (Wildman–Crippen LogP) is 1.30. The second kappa shape index (κ2) is 6.56. The minimum atomic E-state index is -0.0238. The number of hydrogen-bond acceptors (Lipinski definition) is 6. The highest BCUT2D eigenvalue weighted by molar-refractivity contribution is 5.23. The van der Waals surface area contributed by atoms with Gasteiger partial charge in [-0.3, -0.25) is 9.80 Å². The Hall–Kier alpha value is -1.76. The molecule has 2 unspecified atom stereocenters. The second-order valence-corrected chi connectivity index (χ2v) is 5.97. The van der Waals surface area contributed by atoms with Crippen LogP contribution in [0.25, 0.3) is 0 Å². The van der Waals surface area contributed by atoms with Gasteiger partial charge in [0.1, 0.15) is 6.04 Å². The molecule has 2 heterocycles. The summed E-state index contributed by atoms with van der Waals surface area (Å²) in [4.78, 5) is 9.04. The van der Waals surface area contributed by atoms with Gasteiger partial charge in [0, 0.05) is 19.6 Å². The number of rotatable bonds is 4. The van der Waals surface area contributed by atoms with Crippen LogP contribution in [-0.2, 0) is 0 Å². The summed E-state index contributed by atoms with van der Waals surface area (Å²) in [6.45, 7) is 2.85. The van der Waals surface area contributed by atoms with Gasteiger partial charge in [-0.15, -0.1) is 0 Å². The third kappa shape index (κ3) is 3.04. The molecule has 22 heavy (non-hydrogen) atoms. The van der Waals surface area contributed by atoms with Crippen molar-refractivity contribution in [3.05, 3.63) is 47.6 Å². The van der Waals surface area contributed by atoms with E-state index in [1.54, 1.807) is 0 Å². The first kappa shape index (κ1) is 15.1. The smallest absolute Gasteiger partial charge is 0.248 e. The number of benzene rings is 1. The molecular formula is C16H23N5O. The summed E-state index contributed by atoms with van der Waals surface area (Å²) in [6, 6.07) is 10.4. The molecule has 1 saturated heterocycles. The average molecular weight is 301 g/mol. The van der Waals surface area contributed by atoms with E-state index in [0.29, 0.717) is 5.89 Å². The highest BCUT2D eigenvalue weighted by Crippen LogP contribution is 2.27. The second-order valence-electron chi connectivity index (χ2n) is 5.97. The van der Waals surface area contributed by atoms with Crippen molar-refractivity contribution >= 4 is 0 Å². The Bertz CT molecular complexity index is 598. The number of likely N-dealkylation sites (N-methyl/N-ethyl adjacent to an activating group) is 1. The minimum absolute atomic E-state index is 0.0238. The number of nitrogens with one attached hydrogen (secondary N) is 1. The van der Waals surface area contributed by atoms with Crippen molar-refractivity contribution in [1.82, 2.24) is 25.3 Å². The van der Waals surface area contributed by atoms with Crippen molar-refractivity contribution in [1.29, 1.82) is 0 Å². The maximum atomic E-state index is 5.59. The molecule has 0 radical (unpaired) electrons. The van der Waals surface area contributed by atoms with Crippen LogP contribution in [0.2, 0.25) is 0 Å². The molecule has 3 rings (SSSR count). The van der Waals surface area contributed by atoms with E-state index in [9.17, 15) is 0 Å². The van der Waals surface area contributed by atoms with E-state index < -0.39 is 0 Å². The van der Waals surface area contributed by atoms with Gasteiger partial charge < -0.3 is 9.84 Å². The van der Waals surface area contributed by atoms with Gasteiger partial charge in [-0.1, -0.05) is 35.5 Å². The fourth-order valence-corrected chi connectivity index (χ4v) is 2.88. The molecule has 6 heteroatoms. The zero-order valence-electron chi connectivity index (χ0n) is 13.4. The van der Waals surface area contributed by atoms with E-state index in [1.165, 1.54) is 0 Å². The van der Waals surface area contributed by atoms with Crippen molar-refractivity contribution in [3.8, 4) is 0 Å². The van der Waals surface area contributed by atoms with E-state index >= 15 is 0 Å². The van der Waals surface area contributed by atoms with E-state index in [2.05, 4.69) is 44.4 Å². The van der Waals surface area contributed by atoms with Crippen LogP contribution in [0, 0.1) is 0 Å². The lowest BCUT2D eigenvalue weighted by Gasteiger charge is -2.30. The van der Waals surface area contributed by atoms with Crippen molar-refractivity contribution in [2.24, 2.45) is 0 Å². The summed E-state index contributed by atoms with van der Waals surface area (Å²) < 4.78 is 5.59. The average Bonchev–Trinajstić information content (AvgIpc) is 2.98. The molecule has 0 aliphatic carbocycles. The molecule has 1 N–H and O–H groups in total. The maximum absolute atomic E-state index is 5.59. The standard InChI is InChI=1S/C16H23N5O/c1-20(2)14(12-7-5-4-6-8-12)16-18-15(19-22-16)13-11-17-9-10-21(13)3/h4-8,13-14,17H,9-11H2,1-3H3. The molecule has 0 saturated carbocycles. The third-order valence-corrected chi connectivity index (χ3v) is 4.13. The van der Waals surface area contributed by atoms with Crippen LogP contribution in [0.3, 0.4) is 0 Å². The van der Waals surface area contributed by atoms with Crippen molar-refractivity contribution in [2.75, 3.05) is 40.8 Å². The summed E-state index contributed by atoms with van der Waals surface area (Å²) in [5.41, 5.74) is 1.15. The molecule has 2 aromatic rings. The van der Waals surface area contributed by atoms with Crippen LogP contribution in [0.15, 0.2) is 34.9 Å². The summed E-state index contributed by atoms with van der Waals surface area (Å²) >= 11 is 0. The first-order valence-electron chi connectivity index (χ1n) is 7.62. The van der Waals surface area contributed by atoms with E-state index in [4.69, 9.17) is 4.52 Å². The molecule has 1 aromatic carbocycles. The summed E-state index contributed by atoms with van der Waals surface area (Å²) in [5, 5.41) is 7.61. The predicted molar refractivity (Wildman–Crippen MR) is 84.5 cm³/mol. The lowest BCUT2D eigenvalue weighted by molar-refractivity contribution is 0.189. The van der Waals surface area contributed by atoms with Gasteiger partial charge in [0.05, 0.1) is 6.04 Å². The van der Waals surface area contributed by atoms with Gasteiger partial charge in [-0.25, -0.2) is 0 Å². The van der Waals surface area contributed by atoms with Crippen molar-refractivity contribution in [3.63, 3.8) is 0 Å². The quantitative estimate of drug-likeness (QED) is 0.918. The molecule has 1 fully saturated rings. The minimum Gasteiger partial charge on any atom is -0.337 e. The summed E-state index contributed by atoms with van der Waals surface area (Å²) in [6.07, 6.45) is 0. The molecule has 1 aromatic heterocycles. The number of nitrogens with zero attached hydrogens (tertiary/aromatic N) is 4. The highest BCUT2D eigenvalue weighted by Gasteiger charge is 2.28. The van der Waals surface area contributed by atoms with Gasteiger partial charge in [-0.2, -0.15) is 4.98 Å². The Balaban J connectivity index is 1.87. The summed E-state index contributed by atoms with van der Waals surface area (Å²) in [5.74, 6) is 1.40. The largest absolute Gasteiger partial charge is 0.337 e. The SMILES string of the molecule is CN(C)C(c1ccccc1)c1nc(C2CNCCN2C)no1. The van der Waals surface area contributed by atoms with Crippen LogP contribution in [0.1, 0.15) is 29.4 Å². The lowest BCUT2D eigenvalue weighted by atomic mass is 10.1.